The lowest BCUT2D eigenvalue weighted by atomic mass is 10.0. The molecule has 1 aliphatic rings. The van der Waals surface area contributed by atoms with Crippen LogP contribution in [0.15, 0.2) is 29.2 Å². The molecule has 1 N–H and O–H groups in total. The minimum atomic E-state index is -3.62. The molecule has 2 rings (SSSR count). The fourth-order valence-electron chi connectivity index (χ4n) is 2.90. The Bertz CT molecular complexity index is 761. The maximum atomic E-state index is 12.2. The number of nitrogens with zero attached hydrogens (tertiary/aromatic N) is 1. The molecule has 0 unspecified atom stereocenters. The van der Waals surface area contributed by atoms with E-state index in [2.05, 4.69) is 11.6 Å². The topological polar surface area (TPSA) is 92.8 Å². The molecule has 1 aliphatic heterocycles. The number of benzene rings is 1. The van der Waals surface area contributed by atoms with Gasteiger partial charge in [0.1, 0.15) is 0 Å². The average molecular weight is 397 g/mol. The number of nitrogens with one attached hydrogen (secondary N) is 1. The summed E-state index contributed by atoms with van der Waals surface area (Å²) in [5.41, 5.74) is 0.206. The standard InChI is InChI=1S/C19H28N2O5S/c1-4-15(3)20-27(24,25)17-9-7-16(8-10-17)19(23)26-13-18(22)21-11-5-6-14(2)12-21/h7-10,14-15,20H,4-6,11-13H2,1-3H3/t14-,15-/m0/s1. The van der Waals surface area contributed by atoms with E-state index in [4.69, 9.17) is 4.74 Å². The van der Waals surface area contributed by atoms with Crippen molar-refractivity contribution in [3.63, 3.8) is 0 Å². The van der Waals surface area contributed by atoms with Crippen LogP contribution in [0, 0.1) is 5.92 Å². The first-order valence-corrected chi connectivity index (χ1v) is 10.8. The lowest BCUT2D eigenvalue weighted by molar-refractivity contribution is -0.136. The number of amides is 1. The molecule has 27 heavy (non-hydrogen) atoms. The first kappa shape index (κ1) is 21.4. The summed E-state index contributed by atoms with van der Waals surface area (Å²) >= 11 is 0. The Morgan fingerprint density at radius 1 is 1.30 bits per heavy atom. The van der Waals surface area contributed by atoms with Gasteiger partial charge in [-0.15, -0.1) is 0 Å². The van der Waals surface area contributed by atoms with Gasteiger partial charge in [-0.05, 0) is 56.4 Å². The molecule has 1 aromatic carbocycles. The zero-order chi connectivity index (χ0) is 20.0. The number of ether oxygens (including phenoxy) is 1. The fourth-order valence-corrected chi connectivity index (χ4v) is 4.23. The first-order valence-electron chi connectivity index (χ1n) is 9.30. The van der Waals surface area contributed by atoms with Gasteiger partial charge in [-0.25, -0.2) is 17.9 Å². The highest BCUT2D eigenvalue weighted by atomic mass is 32.2. The number of likely N-dealkylation sites (tertiary alicyclic amines) is 1. The number of carbonyl (C=O) groups excluding carboxylic acids is 2. The second-order valence-electron chi connectivity index (χ2n) is 7.12. The van der Waals surface area contributed by atoms with Crippen molar-refractivity contribution in [3.8, 4) is 0 Å². The number of hydrogen-bond acceptors (Lipinski definition) is 5. The summed E-state index contributed by atoms with van der Waals surface area (Å²) < 4.78 is 32.1. The summed E-state index contributed by atoms with van der Waals surface area (Å²) in [6, 6.07) is 5.32. The minimum absolute atomic E-state index is 0.0812. The predicted molar refractivity (Wildman–Crippen MR) is 102 cm³/mol. The van der Waals surface area contributed by atoms with E-state index >= 15 is 0 Å². The number of hydrogen-bond donors (Lipinski definition) is 1. The Balaban J connectivity index is 1.92. The smallest absolute Gasteiger partial charge is 0.338 e. The molecule has 1 fully saturated rings. The molecule has 0 aliphatic carbocycles. The first-order chi connectivity index (χ1) is 12.7. The van der Waals surface area contributed by atoms with Gasteiger partial charge < -0.3 is 9.64 Å². The van der Waals surface area contributed by atoms with Gasteiger partial charge >= 0.3 is 5.97 Å². The molecule has 0 spiro atoms. The van der Waals surface area contributed by atoms with Crippen molar-refractivity contribution in [2.45, 2.75) is 51.0 Å². The molecule has 1 saturated heterocycles. The lowest BCUT2D eigenvalue weighted by Gasteiger charge is -2.30. The Hall–Kier alpha value is -1.93. The SMILES string of the molecule is CC[C@H](C)NS(=O)(=O)c1ccc(C(=O)OCC(=O)N2CCC[C@H](C)C2)cc1. The van der Waals surface area contributed by atoms with Crippen molar-refractivity contribution in [2.24, 2.45) is 5.92 Å². The summed E-state index contributed by atoms with van der Waals surface area (Å²) in [4.78, 5) is 26.1. The third-order valence-corrected chi connectivity index (χ3v) is 6.31. The highest BCUT2D eigenvalue weighted by Gasteiger charge is 2.22. The molecule has 0 radical (unpaired) electrons. The second-order valence-corrected chi connectivity index (χ2v) is 8.83. The van der Waals surface area contributed by atoms with Crippen LogP contribution in [0.4, 0.5) is 0 Å². The van der Waals surface area contributed by atoms with Gasteiger partial charge in [0.05, 0.1) is 10.5 Å². The van der Waals surface area contributed by atoms with Crippen molar-refractivity contribution in [3.05, 3.63) is 29.8 Å². The van der Waals surface area contributed by atoms with Crippen LogP contribution in [0.25, 0.3) is 0 Å². The Kier molecular flexibility index (Phi) is 7.38. The summed E-state index contributed by atoms with van der Waals surface area (Å²) in [5, 5.41) is 0. The zero-order valence-corrected chi connectivity index (χ0v) is 16.9. The average Bonchev–Trinajstić information content (AvgIpc) is 2.65. The van der Waals surface area contributed by atoms with Gasteiger partial charge in [-0.3, -0.25) is 4.79 Å². The van der Waals surface area contributed by atoms with E-state index in [1.807, 2.05) is 6.92 Å². The highest BCUT2D eigenvalue weighted by molar-refractivity contribution is 7.89. The van der Waals surface area contributed by atoms with Crippen molar-refractivity contribution < 1.29 is 22.7 Å². The molecule has 1 amide bonds. The highest BCUT2D eigenvalue weighted by Crippen LogP contribution is 2.16. The van der Waals surface area contributed by atoms with Crippen molar-refractivity contribution in [1.29, 1.82) is 0 Å². The molecule has 1 heterocycles. The second kappa shape index (κ2) is 9.32. The normalized spacial score (nSPS) is 18.8. The number of sulfonamides is 1. The molecule has 7 nitrogen and oxygen atoms in total. The Morgan fingerprint density at radius 3 is 2.56 bits per heavy atom. The molecular formula is C19H28N2O5S. The van der Waals surface area contributed by atoms with E-state index in [1.165, 1.54) is 24.3 Å². The van der Waals surface area contributed by atoms with E-state index in [0.717, 1.165) is 12.8 Å². The van der Waals surface area contributed by atoms with Gasteiger partial charge in [0.15, 0.2) is 6.61 Å². The van der Waals surface area contributed by atoms with Crippen LogP contribution >= 0.6 is 0 Å². The Morgan fingerprint density at radius 2 is 1.96 bits per heavy atom. The molecule has 0 bridgehead atoms. The maximum Gasteiger partial charge on any atom is 0.338 e. The van der Waals surface area contributed by atoms with Crippen LogP contribution in [0.1, 0.15) is 50.4 Å². The van der Waals surface area contributed by atoms with Crippen LogP contribution in [-0.4, -0.2) is 50.9 Å². The van der Waals surface area contributed by atoms with E-state index < -0.39 is 16.0 Å². The maximum absolute atomic E-state index is 12.2. The summed E-state index contributed by atoms with van der Waals surface area (Å²) in [6.07, 6.45) is 2.74. The lowest BCUT2D eigenvalue weighted by Crippen LogP contribution is -2.41. The zero-order valence-electron chi connectivity index (χ0n) is 16.1. The fraction of sp³-hybridized carbons (Fsp3) is 0.579. The minimum Gasteiger partial charge on any atom is -0.452 e. The molecular weight excluding hydrogens is 368 g/mol. The monoisotopic (exact) mass is 396 g/mol. The molecule has 0 aromatic heterocycles. The van der Waals surface area contributed by atoms with Crippen LogP contribution in [0.3, 0.4) is 0 Å². The summed E-state index contributed by atoms with van der Waals surface area (Å²) in [7, 11) is -3.62. The van der Waals surface area contributed by atoms with E-state index in [0.29, 0.717) is 25.4 Å². The van der Waals surface area contributed by atoms with Crippen molar-refractivity contribution in [2.75, 3.05) is 19.7 Å². The van der Waals surface area contributed by atoms with Gasteiger partial charge in [-0.2, -0.15) is 0 Å². The van der Waals surface area contributed by atoms with Crippen LogP contribution < -0.4 is 4.72 Å². The molecule has 0 saturated carbocycles. The Labute approximate surface area is 161 Å². The number of rotatable bonds is 7. The third kappa shape index (κ3) is 6.04. The van der Waals surface area contributed by atoms with Crippen LogP contribution in [0.2, 0.25) is 0 Å². The number of esters is 1. The summed E-state index contributed by atoms with van der Waals surface area (Å²) in [5.74, 6) is -0.393. The van der Waals surface area contributed by atoms with Gasteiger partial charge in [0.2, 0.25) is 10.0 Å². The van der Waals surface area contributed by atoms with Crippen molar-refractivity contribution in [1.82, 2.24) is 9.62 Å². The van der Waals surface area contributed by atoms with Gasteiger partial charge in [-0.1, -0.05) is 13.8 Å². The predicted octanol–water partition coefficient (Wildman–Crippen LogP) is 2.18. The molecule has 1 aromatic rings. The number of piperidine rings is 1. The molecule has 8 heteroatoms. The van der Waals surface area contributed by atoms with Crippen molar-refractivity contribution >= 4 is 21.9 Å². The summed E-state index contributed by atoms with van der Waals surface area (Å²) in [6.45, 7) is 6.84. The molecule has 2 atom stereocenters. The van der Waals surface area contributed by atoms with Crippen LogP contribution in [0.5, 0.6) is 0 Å². The van der Waals surface area contributed by atoms with Crippen LogP contribution in [-0.2, 0) is 19.6 Å². The van der Waals surface area contributed by atoms with E-state index in [9.17, 15) is 18.0 Å². The van der Waals surface area contributed by atoms with E-state index in [1.54, 1.807) is 11.8 Å². The van der Waals surface area contributed by atoms with Gasteiger partial charge in [0.25, 0.3) is 5.91 Å². The molecule has 150 valence electrons. The number of carbonyl (C=O) groups is 2. The van der Waals surface area contributed by atoms with E-state index in [-0.39, 0.29) is 29.0 Å². The van der Waals surface area contributed by atoms with Gasteiger partial charge in [0, 0.05) is 19.1 Å². The largest absolute Gasteiger partial charge is 0.452 e. The third-order valence-electron chi connectivity index (χ3n) is 4.71. The quantitative estimate of drug-likeness (QED) is 0.713.